The van der Waals surface area contributed by atoms with Gasteiger partial charge in [0.1, 0.15) is 0 Å². The third-order valence-corrected chi connectivity index (χ3v) is 0.530. The molecule has 5 heteroatoms. The molecule has 0 aliphatic heterocycles. The molecule has 0 aliphatic rings. The summed E-state index contributed by atoms with van der Waals surface area (Å²) in [7, 11) is 0. The van der Waals surface area contributed by atoms with Gasteiger partial charge in [-0.25, -0.2) is 4.39 Å². The molecule has 0 bridgehead atoms. The molecular formula is C3H7ClF3N. The Hall–Kier alpha value is 0.0400. The highest BCUT2D eigenvalue weighted by Crippen LogP contribution is 2.12. The van der Waals surface area contributed by atoms with Crippen LogP contribution in [0.15, 0.2) is 0 Å². The van der Waals surface area contributed by atoms with Gasteiger partial charge in [0.25, 0.3) is 0 Å². The highest BCUT2D eigenvalue weighted by Gasteiger charge is 2.30. The number of hydrogen-bond acceptors (Lipinski definition) is 1. The van der Waals surface area contributed by atoms with E-state index in [0.29, 0.717) is 6.92 Å². The van der Waals surface area contributed by atoms with Crippen LogP contribution in [0, 0.1) is 0 Å². The SMILES string of the molecule is CC(F)C(N)(F)F.Cl. The first-order valence-electron chi connectivity index (χ1n) is 1.75. The van der Waals surface area contributed by atoms with Crippen molar-refractivity contribution in [2.45, 2.75) is 19.1 Å². The van der Waals surface area contributed by atoms with Crippen LogP contribution in [0.3, 0.4) is 0 Å². The molecule has 8 heavy (non-hydrogen) atoms. The number of rotatable bonds is 1. The van der Waals surface area contributed by atoms with Gasteiger partial charge in [-0.3, -0.25) is 5.73 Å². The lowest BCUT2D eigenvalue weighted by Gasteiger charge is -2.08. The summed E-state index contributed by atoms with van der Waals surface area (Å²) in [5, 5.41) is 0. The van der Waals surface area contributed by atoms with Crippen LogP contribution in [0.5, 0.6) is 0 Å². The third kappa shape index (κ3) is 4.21. The predicted molar refractivity (Wildman–Crippen MR) is 27.0 cm³/mol. The quantitative estimate of drug-likeness (QED) is 0.559. The summed E-state index contributed by atoms with van der Waals surface area (Å²) in [5.41, 5.74) is 3.97. The van der Waals surface area contributed by atoms with Gasteiger partial charge in [0.2, 0.25) is 0 Å². The molecule has 2 N–H and O–H groups in total. The Morgan fingerprint density at radius 3 is 1.62 bits per heavy atom. The van der Waals surface area contributed by atoms with Crippen molar-refractivity contribution in [3.63, 3.8) is 0 Å². The van der Waals surface area contributed by atoms with Crippen molar-refractivity contribution >= 4 is 12.4 Å². The molecule has 0 radical (unpaired) electrons. The van der Waals surface area contributed by atoms with Gasteiger partial charge in [0.05, 0.1) is 0 Å². The van der Waals surface area contributed by atoms with E-state index in [-0.39, 0.29) is 12.4 Å². The summed E-state index contributed by atoms with van der Waals surface area (Å²) in [6, 6.07) is -3.67. The zero-order valence-electron chi connectivity index (χ0n) is 4.20. The minimum absolute atomic E-state index is 0. The Balaban J connectivity index is 0. The van der Waals surface area contributed by atoms with Crippen molar-refractivity contribution in [1.82, 2.24) is 0 Å². The van der Waals surface area contributed by atoms with Crippen LogP contribution in [0.25, 0.3) is 0 Å². The summed E-state index contributed by atoms with van der Waals surface area (Å²) in [4.78, 5) is 0. The molecule has 0 aromatic rings. The molecule has 0 fully saturated rings. The fraction of sp³-hybridized carbons (Fsp3) is 1.00. The Morgan fingerprint density at radius 2 is 1.62 bits per heavy atom. The van der Waals surface area contributed by atoms with E-state index in [4.69, 9.17) is 0 Å². The van der Waals surface area contributed by atoms with Gasteiger partial charge in [0, 0.05) is 0 Å². The van der Waals surface area contributed by atoms with Crippen molar-refractivity contribution in [1.29, 1.82) is 0 Å². The van der Waals surface area contributed by atoms with Crippen LogP contribution in [0.4, 0.5) is 13.2 Å². The lowest BCUT2D eigenvalue weighted by Crippen LogP contribution is -2.37. The molecule has 0 saturated carbocycles. The smallest absolute Gasteiger partial charge is 0.270 e. The Morgan fingerprint density at radius 1 is 1.50 bits per heavy atom. The van der Waals surface area contributed by atoms with E-state index in [9.17, 15) is 13.2 Å². The molecule has 1 nitrogen and oxygen atoms in total. The lowest BCUT2D eigenvalue weighted by atomic mass is 10.4. The van der Waals surface area contributed by atoms with E-state index < -0.39 is 12.2 Å². The van der Waals surface area contributed by atoms with E-state index in [0.717, 1.165) is 0 Å². The average molecular weight is 150 g/mol. The summed E-state index contributed by atoms with van der Waals surface area (Å²) >= 11 is 0. The Bertz CT molecular complexity index is 60.0. The number of alkyl halides is 3. The highest BCUT2D eigenvalue weighted by atomic mass is 35.5. The molecule has 0 amide bonds. The van der Waals surface area contributed by atoms with E-state index in [1.807, 2.05) is 0 Å². The Kier molecular flexibility index (Phi) is 4.29. The third-order valence-electron chi connectivity index (χ3n) is 0.530. The largest absolute Gasteiger partial charge is 0.330 e. The van der Waals surface area contributed by atoms with Crippen LogP contribution in [0.1, 0.15) is 6.92 Å². The van der Waals surface area contributed by atoms with Crippen molar-refractivity contribution in [3.8, 4) is 0 Å². The topological polar surface area (TPSA) is 26.0 Å². The fourth-order valence-electron chi connectivity index (χ4n) is 0. The monoisotopic (exact) mass is 149 g/mol. The Labute approximate surface area is 51.5 Å². The molecule has 0 aliphatic carbocycles. The molecule has 0 heterocycles. The molecule has 0 saturated heterocycles. The second-order valence-corrected chi connectivity index (χ2v) is 1.29. The van der Waals surface area contributed by atoms with Gasteiger partial charge in [0.15, 0.2) is 6.17 Å². The van der Waals surface area contributed by atoms with Gasteiger partial charge in [-0.05, 0) is 6.92 Å². The maximum absolute atomic E-state index is 11.3. The van der Waals surface area contributed by atoms with Crippen LogP contribution in [0.2, 0.25) is 0 Å². The maximum atomic E-state index is 11.3. The molecule has 0 aromatic carbocycles. The molecule has 1 atom stereocenters. The summed E-state index contributed by atoms with van der Waals surface area (Å²) in [6.45, 7) is 0.708. The van der Waals surface area contributed by atoms with Crippen LogP contribution in [-0.4, -0.2) is 12.2 Å². The standard InChI is InChI=1S/C3H6F3N.ClH/c1-2(4)3(5,6)7;/h2H,7H2,1H3;1H. The molecule has 52 valence electrons. The predicted octanol–water partition coefficient (Wildman–Crippen LogP) is 1.32. The maximum Gasteiger partial charge on any atom is 0.330 e. The normalized spacial score (nSPS) is 14.6. The number of hydrogen-bond donors (Lipinski definition) is 1. The minimum Gasteiger partial charge on any atom is -0.270 e. The number of nitrogens with two attached hydrogens (primary N) is 1. The number of halogens is 4. The zero-order chi connectivity index (χ0) is 6.08. The van der Waals surface area contributed by atoms with Crippen molar-refractivity contribution in [2.24, 2.45) is 5.73 Å². The molecule has 0 aromatic heterocycles. The van der Waals surface area contributed by atoms with Crippen molar-refractivity contribution in [2.75, 3.05) is 0 Å². The summed E-state index contributed by atoms with van der Waals surface area (Å²) in [6.07, 6.45) is -2.26. The summed E-state index contributed by atoms with van der Waals surface area (Å²) in [5.74, 6) is 0. The molecular weight excluding hydrogens is 142 g/mol. The first kappa shape index (κ1) is 10.9. The van der Waals surface area contributed by atoms with Crippen LogP contribution < -0.4 is 5.73 Å². The fourth-order valence-corrected chi connectivity index (χ4v) is 0. The van der Waals surface area contributed by atoms with Crippen LogP contribution in [-0.2, 0) is 0 Å². The first-order chi connectivity index (χ1) is 2.94. The van der Waals surface area contributed by atoms with E-state index in [1.54, 1.807) is 0 Å². The van der Waals surface area contributed by atoms with Crippen LogP contribution >= 0.6 is 12.4 Å². The lowest BCUT2D eigenvalue weighted by molar-refractivity contribution is -0.0586. The average Bonchev–Trinajstić information content (AvgIpc) is 1.31. The van der Waals surface area contributed by atoms with Gasteiger partial charge >= 0.3 is 6.05 Å². The second-order valence-electron chi connectivity index (χ2n) is 1.29. The van der Waals surface area contributed by atoms with Gasteiger partial charge in [-0.1, -0.05) is 0 Å². The van der Waals surface area contributed by atoms with E-state index in [1.165, 1.54) is 0 Å². The second kappa shape index (κ2) is 3.14. The minimum atomic E-state index is -3.67. The highest BCUT2D eigenvalue weighted by molar-refractivity contribution is 5.85. The van der Waals surface area contributed by atoms with Gasteiger partial charge in [-0.15, -0.1) is 12.4 Å². The van der Waals surface area contributed by atoms with Crippen molar-refractivity contribution < 1.29 is 13.2 Å². The van der Waals surface area contributed by atoms with Crippen molar-refractivity contribution in [3.05, 3.63) is 0 Å². The van der Waals surface area contributed by atoms with E-state index >= 15 is 0 Å². The van der Waals surface area contributed by atoms with E-state index in [2.05, 4.69) is 5.73 Å². The first-order valence-corrected chi connectivity index (χ1v) is 1.75. The summed E-state index contributed by atoms with van der Waals surface area (Å²) < 4.78 is 33.8. The molecule has 0 rings (SSSR count). The molecule has 1 unspecified atom stereocenters. The molecule has 0 spiro atoms. The van der Waals surface area contributed by atoms with Gasteiger partial charge in [-0.2, -0.15) is 8.78 Å². The van der Waals surface area contributed by atoms with Gasteiger partial charge < -0.3 is 0 Å². The zero-order valence-corrected chi connectivity index (χ0v) is 5.01.